The van der Waals surface area contributed by atoms with E-state index in [0.717, 1.165) is 17.4 Å². The molecule has 0 radical (unpaired) electrons. The van der Waals surface area contributed by atoms with E-state index >= 15 is 0 Å². The number of sulfonamides is 1. The van der Waals surface area contributed by atoms with Gasteiger partial charge in [0.2, 0.25) is 10.0 Å². The molecule has 39 heavy (non-hydrogen) atoms. The number of carbonyl (C=O) groups is 3. The maximum absolute atomic E-state index is 13.4. The molecule has 7 nitrogen and oxygen atoms in total. The highest BCUT2D eigenvalue weighted by atomic mass is 35.5. The second kappa shape index (κ2) is 11.7. The first-order valence-corrected chi connectivity index (χ1v) is 15.0. The van der Waals surface area contributed by atoms with E-state index in [2.05, 4.69) is 4.72 Å². The molecule has 1 N–H and O–H groups in total. The first-order chi connectivity index (χ1) is 18.4. The van der Waals surface area contributed by atoms with Crippen molar-refractivity contribution in [3.63, 3.8) is 0 Å². The third-order valence-corrected chi connectivity index (χ3v) is 7.27. The second-order valence-corrected chi connectivity index (χ2v) is 12.4. The lowest BCUT2D eigenvalue weighted by Gasteiger charge is -2.14. The van der Waals surface area contributed by atoms with Crippen LogP contribution in [0.2, 0.25) is 5.02 Å². The number of ketones is 2. The molecule has 1 aliphatic rings. The van der Waals surface area contributed by atoms with E-state index in [4.69, 9.17) is 11.6 Å². The predicted octanol–water partition coefficient (Wildman–Crippen LogP) is 5.49. The summed E-state index contributed by atoms with van der Waals surface area (Å²) in [7, 11) is -3.88. The number of aromatic nitrogens is 1. The highest BCUT2D eigenvalue weighted by molar-refractivity contribution is 7.89. The topological polar surface area (TPSA) is 102 Å². The number of carbonyl (C=O) groups excluding carboxylic acids is 3. The number of aryl methyl sites for hydroxylation is 1. The van der Waals surface area contributed by atoms with Gasteiger partial charge in [0.15, 0.2) is 5.78 Å². The normalized spacial score (nSPS) is 13.7. The summed E-state index contributed by atoms with van der Waals surface area (Å²) in [4.78, 5) is 38.5. The van der Waals surface area contributed by atoms with Crippen molar-refractivity contribution in [3.8, 4) is 0 Å². The fourth-order valence-electron chi connectivity index (χ4n) is 4.82. The molecule has 3 aromatic rings. The lowest BCUT2D eigenvalue weighted by atomic mass is 9.93. The Morgan fingerprint density at radius 3 is 2.41 bits per heavy atom. The van der Waals surface area contributed by atoms with Crippen LogP contribution in [0.3, 0.4) is 0 Å². The van der Waals surface area contributed by atoms with E-state index in [1.165, 1.54) is 0 Å². The average molecular weight is 567 g/mol. The Balaban J connectivity index is 1.78. The number of benzene rings is 2. The van der Waals surface area contributed by atoms with Crippen LogP contribution in [0.15, 0.2) is 60.7 Å². The molecule has 0 spiro atoms. The number of hydrogen-bond acceptors (Lipinski definition) is 5. The molecule has 9 heteroatoms. The Morgan fingerprint density at radius 2 is 1.77 bits per heavy atom. The minimum absolute atomic E-state index is 0.0657. The van der Waals surface area contributed by atoms with Crippen molar-refractivity contribution in [2.24, 2.45) is 5.92 Å². The van der Waals surface area contributed by atoms with Gasteiger partial charge < -0.3 is 4.57 Å². The number of nitrogens with one attached hydrogen (secondary N) is 1. The van der Waals surface area contributed by atoms with Crippen molar-refractivity contribution in [3.05, 3.63) is 88.1 Å². The van der Waals surface area contributed by atoms with Crippen LogP contribution < -0.4 is 4.72 Å². The molecular weight excluding hydrogens is 536 g/mol. The summed E-state index contributed by atoms with van der Waals surface area (Å²) < 4.78 is 27.9. The van der Waals surface area contributed by atoms with Crippen molar-refractivity contribution in [1.82, 2.24) is 9.29 Å². The van der Waals surface area contributed by atoms with Gasteiger partial charge in [0.1, 0.15) is 11.5 Å². The van der Waals surface area contributed by atoms with Crippen LogP contribution in [0.1, 0.15) is 60.3 Å². The average Bonchev–Trinajstić information content (AvgIpc) is 3.15. The number of nitrogens with zero attached hydrogens (tertiary/aromatic N) is 1. The Kier molecular flexibility index (Phi) is 8.57. The number of rotatable bonds is 10. The number of Topliss-reactive ketones (excluding diaryl/α,β-unsaturated/α-hetero) is 2. The molecule has 204 valence electrons. The van der Waals surface area contributed by atoms with Gasteiger partial charge in [-0.1, -0.05) is 67.9 Å². The summed E-state index contributed by atoms with van der Waals surface area (Å²) in [6, 6.07) is 12.9. The van der Waals surface area contributed by atoms with Gasteiger partial charge >= 0.3 is 0 Å². The zero-order chi connectivity index (χ0) is 28.3. The molecule has 0 unspecified atom stereocenters. The Bertz CT molecular complexity index is 1610. The zero-order valence-electron chi connectivity index (χ0n) is 22.2. The van der Waals surface area contributed by atoms with Crippen LogP contribution in [-0.4, -0.2) is 36.7 Å². The minimum atomic E-state index is -3.88. The first kappa shape index (κ1) is 28.5. The fourth-order valence-corrected chi connectivity index (χ4v) is 5.42. The van der Waals surface area contributed by atoms with Crippen molar-refractivity contribution in [2.75, 3.05) is 6.26 Å². The van der Waals surface area contributed by atoms with Gasteiger partial charge in [0, 0.05) is 52.9 Å². The van der Waals surface area contributed by atoms with Crippen molar-refractivity contribution >= 4 is 55.6 Å². The molecule has 1 aromatic heterocycles. The van der Waals surface area contributed by atoms with Crippen LogP contribution in [-0.2, 0) is 32.6 Å². The maximum Gasteiger partial charge on any atom is 0.282 e. The number of halogens is 1. The monoisotopic (exact) mass is 566 g/mol. The third kappa shape index (κ3) is 6.94. The van der Waals surface area contributed by atoms with Crippen molar-refractivity contribution in [2.45, 2.75) is 46.1 Å². The molecular formula is C30H31ClN2O5S. The molecule has 0 aliphatic heterocycles. The predicted molar refractivity (Wildman–Crippen MR) is 154 cm³/mol. The van der Waals surface area contributed by atoms with Gasteiger partial charge in [0.05, 0.1) is 6.26 Å². The van der Waals surface area contributed by atoms with Gasteiger partial charge in [-0.2, -0.15) is 0 Å². The summed E-state index contributed by atoms with van der Waals surface area (Å²) in [5, 5.41) is 1.00. The smallest absolute Gasteiger partial charge is 0.282 e. The van der Waals surface area contributed by atoms with Gasteiger partial charge in [-0.3, -0.25) is 14.4 Å². The molecule has 4 rings (SSSR count). The number of allylic oxidation sites excluding steroid dienone is 4. The van der Waals surface area contributed by atoms with Gasteiger partial charge in [-0.15, -0.1) is 0 Å². The minimum Gasteiger partial charge on any atom is -0.331 e. The number of amides is 1. The largest absolute Gasteiger partial charge is 0.331 e. The van der Waals surface area contributed by atoms with E-state index in [0.29, 0.717) is 52.2 Å². The molecule has 1 aliphatic carbocycles. The lowest BCUT2D eigenvalue weighted by molar-refractivity contribution is -0.119. The molecule has 1 amide bonds. The summed E-state index contributed by atoms with van der Waals surface area (Å²) in [6.45, 7) is 4.30. The van der Waals surface area contributed by atoms with Crippen molar-refractivity contribution < 1.29 is 22.8 Å². The molecule has 0 bridgehead atoms. The Labute approximate surface area is 233 Å². The van der Waals surface area contributed by atoms with Crippen LogP contribution in [0.25, 0.3) is 16.5 Å². The molecule has 0 saturated carbocycles. The highest BCUT2D eigenvalue weighted by Gasteiger charge is 2.29. The molecule has 2 aromatic carbocycles. The Hall–Kier alpha value is -3.49. The second-order valence-electron chi connectivity index (χ2n) is 10.3. The summed E-state index contributed by atoms with van der Waals surface area (Å²) >= 11 is 6.32. The summed E-state index contributed by atoms with van der Waals surface area (Å²) in [5.74, 6) is -0.438. The third-order valence-electron chi connectivity index (χ3n) is 6.48. The van der Waals surface area contributed by atoms with Crippen LogP contribution in [0.4, 0.5) is 0 Å². The maximum atomic E-state index is 13.4. The van der Waals surface area contributed by atoms with E-state index in [9.17, 15) is 22.8 Å². The number of fused-ring (bicyclic) bond motifs is 1. The Morgan fingerprint density at radius 1 is 1.08 bits per heavy atom. The SMILES string of the molecule is CC(C)CC(=O)CCc1ccc(Cn2c(C(=O)NS(C)(=O)=O)c(C3=CC=CCC3=O)c3cc(Cl)ccc32)cc1. The van der Waals surface area contributed by atoms with E-state index in [1.54, 1.807) is 41.0 Å². The molecule has 0 saturated heterocycles. The van der Waals surface area contributed by atoms with Crippen molar-refractivity contribution in [1.29, 1.82) is 0 Å². The van der Waals surface area contributed by atoms with Crippen LogP contribution >= 0.6 is 11.6 Å². The quantitative estimate of drug-likeness (QED) is 0.349. The first-order valence-electron chi connectivity index (χ1n) is 12.8. The van der Waals surface area contributed by atoms with Crippen LogP contribution in [0, 0.1) is 5.92 Å². The molecule has 0 atom stereocenters. The van der Waals surface area contributed by atoms with Gasteiger partial charge in [0.25, 0.3) is 5.91 Å². The standard InChI is InChI=1S/C30H31ClN2O5S/c1-19(2)16-23(34)14-12-20-8-10-21(11-9-20)18-33-26-15-13-22(31)17-25(26)28(24-6-4-5-7-27(24)35)29(33)30(36)32-39(3,37)38/h4-6,8-11,13,15,17,19H,7,12,14,16,18H2,1-3H3,(H,32,36). The zero-order valence-corrected chi connectivity index (χ0v) is 23.7. The van der Waals surface area contributed by atoms with E-state index in [1.807, 2.05) is 38.1 Å². The molecule has 1 heterocycles. The van der Waals surface area contributed by atoms with Crippen LogP contribution in [0.5, 0.6) is 0 Å². The van der Waals surface area contributed by atoms with Gasteiger partial charge in [-0.05, 0) is 41.7 Å². The summed E-state index contributed by atoms with van der Waals surface area (Å²) in [5.41, 5.74) is 3.27. The van der Waals surface area contributed by atoms with E-state index < -0.39 is 15.9 Å². The molecule has 0 fully saturated rings. The number of hydrogen-bond donors (Lipinski definition) is 1. The van der Waals surface area contributed by atoms with Gasteiger partial charge in [-0.25, -0.2) is 13.1 Å². The van der Waals surface area contributed by atoms with E-state index in [-0.39, 0.29) is 30.2 Å². The lowest BCUT2D eigenvalue weighted by Crippen LogP contribution is -2.32. The highest BCUT2D eigenvalue weighted by Crippen LogP contribution is 2.36. The summed E-state index contributed by atoms with van der Waals surface area (Å²) in [6.07, 6.45) is 7.89. The fraction of sp³-hybridized carbons (Fsp3) is 0.300.